The number of hydrogen-bond donors (Lipinski definition) is 0. The Morgan fingerprint density at radius 2 is 0.875 bits per heavy atom. The Morgan fingerprint density at radius 1 is 0.542 bits per heavy atom. The number of hydrogen-bond acceptors (Lipinski definition) is 1. The molecule has 0 aromatic heterocycles. The van der Waals surface area contributed by atoms with E-state index in [9.17, 15) is 0 Å². The fourth-order valence-electron chi connectivity index (χ4n) is 1.38. The standard InChI is InChI=1S/C8H18.C8H14.C7H16O/c2*1-7(2)5-6-8(3)4;1-6(2)5-8-7(3)4/h7-8H,5-6H2,1-4H3;7-8H,1-4H3;6-7H,5H2,1-4H3. The van der Waals surface area contributed by atoms with Gasteiger partial charge in [-0.3, -0.25) is 0 Å². The lowest BCUT2D eigenvalue weighted by molar-refractivity contribution is 0.0593. The minimum Gasteiger partial charge on any atom is -0.379 e. The zero-order chi connectivity index (χ0) is 19.7. The van der Waals surface area contributed by atoms with Gasteiger partial charge in [0.2, 0.25) is 0 Å². The Labute approximate surface area is 155 Å². The van der Waals surface area contributed by atoms with Crippen LogP contribution in [0.15, 0.2) is 0 Å². The van der Waals surface area contributed by atoms with Gasteiger partial charge in [0, 0.05) is 18.4 Å². The minimum atomic E-state index is 0.386. The number of rotatable bonds is 6. The zero-order valence-corrected chi connectivity index (χ0v) is 19.0. The van der Waals surface area contributed by atoms with Gasteiger partial charge in [0.1, 0.15) is 0 Å². The van der Waals surface area contributed by atoms with Crippen molar-refractivity contribution in [1.82, 2.24) is 0 Å². The van der Waals surface area contributed by atoms with Crippen LogP contribution in [-0.4, -0.2) is 12.7 Å². The highest BCUT2D eigenvalue weighted by Gasteiger charge is 1.96. The summed E-state index contributed by atoms with van der Waals surface area (Å²) in [5, 5.41) is 0. The van der Waals surface area contributed by atoms with Crippen molar-refractivity contribution in [3.8, 4) is 11.8 Å². The lowest BCUT2D eigenvalue weighted by atomic mass is 10.0. The molecule has 1 nitrogen and oxygen atoms in total. The molecular weight excluding hydrogens is 292 g/mol. The highest BCUT2D eigenvalue weighted by molar-refractivity contribution is 5.03. The minimum absolute atomic E-state index is 0.386. The molecule has 0 atom stereocenters. The molecular formula is C23H48O. The summed E-state index contributed by atoms with van der Waals surface area (Å²) >= 11 is 0. The predicted molar refractivity (Wildman–Crippen MR) is 112 cm³/mol. The molecule has 0 heterocycles. The van der Waals surface area contributed by atoms with Crippen molar-refractivity contribution in [2.24, 2.45) is 29.6 Å². The molecule has 0 saturated heterocycles. The second-order valence-corrected chi connectivity index (χ2v) is 8.74. The van der Waals surface area contributed by atoms with Crippen LogP contribution in [0.3, 0.4) is 0 Å². The van der Waals surface area contributed by atoms with Crippen LogP contribution in [0.1, 0.15) is 95.9 Å². The molecule has 0 radical (unpaired) electrons. The van der Waals surface area contributed by atoms with Crippen molar-refractivity contribution in [2.45, 2.75) is 102 Å². The molecule has 0 spiro atoms. The Bertz CT molecular complexity index is 243. The van der Waals surface area contributed by atoms with E-state index in [1.54, 1.807) is 0 Å². The molecule has 0 fully saturated rings. The van der Waals surface area contributed by atoms with E-state index in [4.69, 9.17) is 4.74 Å². The summed E-state index contributed by atoms with van der Waals surface area (Å²) < 4.78 is 5.30. The first-order valence-electron chi connectivity index (χ1n) is 10.0. The van der Waals surface area contributed by atoms with Crippen LogP contribution in [0.25, 0.3) is 0 Å². The van der Waals surface area contributed by atoms with Crippen molar-refractivity contribution < 1.29 is 4.74 Å². The third-order valence-corrected chi connectivity index (χ3v) is 2.74. The van der Waals surface area contributed by atoms with Gasteiger partial charge >= 0.3 is 0 Å². The Balaban J connectivity index is -0.000000276. The molecule has 146 valence electrons. The zero-order valence-electron chi connectivity index (χ0n) is 19.0. The molecule has 0 N–H and O–H groups in total. The topological polar surface area (TPSA) is 9.23 Å². The summed E-state index contributed by atoms with van der Waals surface area (Å²) in [5.41, 5.74) is 0. The molecule has 0 aromatic carbocycles. The fraction of sp³-hybridized carbons (Fsp3) is 0.913. The van der Waals surface area contributed by atoms with Crippen LogP contribution in [0.2, 0.25) is 0 Å². The molecule has 24 heavy (non-hydrogen) atoms. The summed E-state index contributed by atoms with van der Waals surface area (Å²) in [7, 11) is 0. The van der Waals surface area contributed by atoms with Crippen LogP contribution in [0, 0.1) is 41.4 Å². The number of ether oxygens (including phenoxy) is 1. The second-order valence-electron chi connectivity index (χ2n) is 8.74. The van der Waals surface area contributed by atoms with Crippen LogP contribution >= 0.6 is 0 Å². The molecule has 0 unspecified atom stereocenters. The lowest BCUT2D eigenvalue weighted by Gasteiger charge is -2.08. The van der Waals surface area contributed by atoms with E-state index in [0.717, 1.165) is 18.4 Å². The van der Waals surface area contributed by atoms with Gasteiger partial charge in [-0.2, -0.15) is 0 Å². The molecule has 0 aliphatic rings. The van der Waals surface area contributed by atoms with Gasteiger partial charge in [0.25, 0.3) is 0 Å². The van der Waals surface area contributed by atoms with Gasteiger partial charge < -0.3 is 4.74 Å². The third kappa shape index (κ3) is 43.0. The van der Waals surface area contributed by atoms with E-state index in [-0.39, 0.29) is 0 Å². The maximum Gasteiger partial charge on any atom is 0.0518 e. The Kier molecular flexibility index (Phi) is 22.3. The monoisotopic (exact) mass is 340 g/mol. The van der Waals surface area contributed by atoms with E-state index >= 15 is 0 Å². The van der Waals surface area contributed by atoms with Crippen LogP contribution in [0.5, 0.6) is 0 Å². The Morgan fingerprint density at radius 3 is 1.00 bits per heavy atom. The van der Waals surface area contributed by atoms with Crippen molar-refractivity contribution in [2.75, 3.05) is 6.61 Å². The van der Waals surface area contributed by atoms with Gasteiger partial charge in [-0.15, -0.1) is 11.8 Å². The Hall–Kier alpha value is -0.480. The molecule has 0 rings (SSSR count). The first-order valence-corrected chi connectivity index (χ1v) is 10.0. The predicted octanol–water partition coefficient (Wildman–Crippen LogP) is 7.45. The lowest BCUT2D eigenvalue weighted by Crippen LogP contribution is -2.08. The van der Waals surface area contributed by atoms with Gasteiger partial charge in [-0.25, -0.2) is 0 Å². The molecule has 0 amide bonds. The second kappa shape index (κ2) is 18.9. The largest absolute Gasteiger partial charge is 0.379 e. The van der Waals surface area contributed by atoms with E-state index in [1.165, 1.54) is 12.8 Å². The maximum absolute atomic E-state index is 5.30. The van der Waals surface area contributed by atoms with Crippen molar-refractivity contribution in [3.63, 3.8) is 0 Å². The highest BCUT2D eigenvalue weighted by Crippen LogP contribution is 2.09. The highest BCUT2D eigenvalue weighted by atomic mass is 16.5. The average Bonchev–Trinajstić information content (AvgIpc) is 2.42. The summed E-state index contributed by atoms with van der Waals surface area (Å²) in [6, 6.07) is 0. The summed E-state index contributed by atoms with van der Waals surface area (Å²) in [6.45, 7) is 26.9. The SMILES string of the molecule is CC(C)C#CC(C)C.CC(C)CCC(C)C.CC(C)COC(C)C. The van der Waals surface area contributed by atoms with Gasteiger partial charge in [0.05, 0.1) is 6.10 Å². The summed E-state index contributed by atoms with van der Waals surface area (Å²) in [4.78, 5) is 0. The van der Waals surface area contributed by atoms with E-state index in [2.05, 4.69) is 94.9 Å². The third-order valence-electron chi connectivity index (χ3n) is 2.74. The quantitative estimate of drug-likeness (QED) is 0.456. The first-order chi connectivity index (χ1) is 10.9. The smallest absolute Gasteiger partial charge is 0.0518 e. The van der Waals surface area contributed by atoms with Crippen LogP contribution in [0.4, 0.5) is 0 Å². The van der Waals surface area contributed by atoms with E-state index < -0.39 is 0 Å². The normalized spacial score (nSPS) is 10.6. The fourth-order valence-corrected chi connectivity index (χ4v) is 1.38. The summed E-state index contributed by atoms with van der Waals surface area (Å²) in [6.07, 6.45) is 3.16. The average molecular weight is 341 g/mol. The molecule has 0 saturated carbocycles. The molecule has 0 aromatic rings. The van der Waals surface area contributed by atoms with Crippen molar-refractivity contribution in [3.05, 3.63) is 0 Å². The van der Waals surface area contributed by atoms with Gasteiger partial charge in [-0.05, 0) is 31.6 Å². The van der Waals surface area contributed by atoms with Crippen molar-refractivity contribution in [1.29, 1.82) is 0 Å². The van der Waals surface area contributed by atoms with Gasteiger partial charge in [-0.1, -0.05) is 82.1 Å². The maximum atomic E-state index is 5.30. The van der Waals surface area contributed by atoms with Crippen LogP contribution in [-0.2, 0) is 4.74 Å². The summed E-state index contributed by atoms with van der Waals surface area (Å²) in [5.74, 6) is 9.68. The molecule has 0 bridgehead atoms. The molecule has 0 aliphatic carbocycles. The van der Waals surface area contributed by atoms with E-state index in [0.29, 0.717) is 23.9 Å². The first kappa shape index (κ1) is 28.3. The van der Waals surface area contributed by atoms with Crippen LogP contribution < -0.4 is 0 Å². The molecule has 0 aliphatic heterocycles. The van der Waals surface area contributed by atoms with Gasteiger partial charge in [0.15, 0.2) is 0 Å². The van der Waals surface area contributed by atoms with Crippen molar-refractivity contribution >= 4 is 0 Å². The molecule has 1 heteroatoms. The van der Waals surface area contributed by atoms with E-state index in [1.807, 2.05) is 0 Å².